The molecule has 0 bridgehead atoms. The zero-order chi connectivity index (χ0) is 18.5. The van der Waals surface area contributed by atoms with Gasteiger partial charge >= 0.3 is 0 Å². The van der Waals surface area contributed by atoms with Crippen LogP contribution < -0.4 is 5.32 Å². The van der Waals surface area contributed by atoms with Crippen LogP contribution in [-0.4, -0.2) is 64.1 Å². The van der Waals surface area contributed by atoms with Crippen molar-refractivity contribution in [3.8, 4) is 5.69 Å². The Morgan fingerprint density at radius 3 is 2.38 bits per heavy atom. The second kappa shape index (κ2) is 8.14. The van der Waals surface area contributed by atoms with E-state index in [4.69, 9.17) is 0 Å². The Morgan fingerprint density at radius 2 is 1.77 bits per heavy atom. The Balaban J connectivity index is 1.86. The molecule has 0 saturated carbocycles. The SMILES string of the molecule is CCC(=O)Nc1cc(C(=O)N2CCN(CC)CC2)nn1-c1ccccc1. The molecular weight excluding hydrogens is 330 g/mol. The van der Waals surface area contributed by atoms with Crippen LogP contribution in [0.25, 0.3) is 5.69 Å². The van der Waals surface area contributed by atoms with E-state index in [2.05, 4.69) is 22.2 Å². The fourth-order valence-electron chi connectivity index (χ4n) is 3.00. The summed E-state index contributed by atoms with van der Waals surface area (Å²) in [5.41, 5.74) is 1.15. The predicted molar refractivity (Wildman–Crippen MR) is 101 cm³/mol. The molecule has 7 heteroatoms. The molecule has 1 N–H and O–H groups in total. The normalized spacial score (nSPS) is 15.1. The minimum Gasteiger partial charge on any atom is -0.335 e. The van der Waals surface area contributed by atoms with E-state index in [9.17, 15) is 9.59 Å². The minimum absolute atomic E-state index is 0.0950. The minimum atomic E-state index is -0.113. The van der Waals surface area contributed by atoms with Gasteiger partial charge < -0.3 is 15.1 Å². The van der Waals surface area contributed by atoms with Crippen molar-refractivity contribution < 1.29 is 9.59 Å². The second-order valence-corrected chi connectivity index (χ2v) is 6.29. The molecule has 1 aliphatic heterocycles. The number of anilines is 1. The van der Waals surface area contributed by atoms with Crippen LogP contribution in [0.3, 0.4) is 0 Å². The number of nitrogens with zero attached hydrogens (tertiary/aromatic N) is 4. The van der Waals surface area contributed by atoms with Crippen molar-refractivity contribution in [2.75, 3.05) is 38.0 Å². The zero-order valence-corrected chi connectivity index (χ0v) is 15.3. The van der Waals surface area contributed by atoms with E-state index in [1.54, 1.807) is 17.7 Å². The first-order valence-corrected chi connectivity index (χ1v) is 9.09. The van der Waals surface area contributed by atoms with Crippen LogP contribution >= 0.6 is 0 Å². The lowest BCUT2D eigenvalue weighted by atomic mass is 10.2. The lowest BCUT2D eigenvalue weighted by molar-refractivity contribution is -0.115. The topological polar surface area (TPSA) is 70.5 Å². The molecule has 0 unspecified atom stereocenters. The van der Waals surface area contributed by atoms with Gasteiger partial charge in [-0.3, -0.25) is 9.59 Å². The standard InChI is InChI=1S/C19H25N5O2/c1-3-18(25)20-17-14-16(21-24(17)15-8-6-5-7-9-15)19(26)23-12-10-22(4-2)11-13-23/h5-9,14H,3-4,10-13H2,1-2H3,(H,20,25). The van der Waals surface area contributed by atoms with Crippen LogP contribution in [0.15, 0.2) is 36.4 Å². The van der Waals surface area contributed by atoms with Gasteiger partial charge in [-0.05, 0) is 18.7 Å². The number of amides is 2. The van der Waals surface area contributed by atoms with Crippen LogP contribution in [0.4, 0.5) is 5.82 Å². The second-order valence-electron chi connectivity index (χ2n) is 6.29. The van der Waals surface area contributed by atoms with Gasteiger partial charge in [-0.2, -0.15) is 5.10 Å². The Bertz CT molecular complexity index is 763. The molecule has 0 aliphatic carbocycles. The third-order valence-corrected chi connectivity index (χ3v) is 4.62. The van der Waals surface area contributed by atoms with Crippen LogP contribution in [0, 0.1) is 0 Å². The summed E-state index contributed by atoms with van der Waals surface area (Å²) in [7, 11) is 0. The molecule has 2 amide bonds. The van der Waals surface area contributed by atoms with Crippen LogP contribution in [0.5, 0.6) is 0 Å². The highest BCUT2D eigenvalue weighted by molar-refractivity contribution is 5.95. The van der Waals surface area contributed by atoms with Crippen molar-refractivity contribution >= 4 is 17.6 Å². The number of nitrogens with one attached hydrogen (secondary N) is 1. The van der Waals surface area contributed by atoms with E-state index in [1.807, 2.05) is 35.2 Å². The van der Waals surface area contributed by atoms with Crippen molar-refractivity contribution in [2.45, 2.75) is 20.3 Å². The van der Waals surface area contributed by atoms with E-state index < -0.39 is 0 Å². The first-order valence-electron chi connectivity index (χ1n) is 9.09. The Labute approximate surface area is 153 Å². The van der Waals surface area contributed by atoms with Crippen molar-refractivity contribution in [1.29, 1.82) is 0 Å². The quantitative estimate of drug-likeness (QED) is 0.891. The van der Waals surface area contributed by atoms with Crippen molar-refractivity contribution in [3.05, 3.63) is 42.1 Å². The number of para-hydroxylation sites is 1. The van der Waals surface area contributed by atoms with Gasteiger partial charge in [0, 0.05) is 38.7 Å². The fourth-order valence-corrected chi connectivity index (χ4v) is 3.00. The van der Waals surface area contributed by atoms with E-state index in [0.29, 0.717) is 31.0 Å². The number of benzene rings is 1. The first-order chi connectivity index (χ1) is 12.6. The Morgan fingerprint density at radius 1 is 1.08 bits per heavy atom. The summed E-state index contributed by atoms with van der Waals surface area (Å²) >= 11 is 0. The molecule has 26 heavy (non-hydrogen) atoms. The number of carbonyl (C=O) groups excluding carboxylic acids is 2. The smallest absolute Gasteiger partial charge is 0.274 e. The van der Waals surface area contributed by atoms with Gasteiger partial charge in [-0.1, -0.05) is 32.0 Å². The molecule has 138 valence electrons. The molecule has 0 radical (unpaired) electrons. The number of hydrogen-bond acceptors (Lipinski definition) is 4. The molecule has 1 aromatic heterocycles. The van der Waals surface area contributed by atoms with E-state index in [-0.39, 0.29) is 11.8 Å². The van der Waals surface area contributed by atoms with Crippen LogP contribution in [-0.2, 0) is 4.79 Å². The number of carbonyl (C=O) groups is 2. The van der Waals surface area contributed by atoms with Gasteiger partial charge in [-0.15, -0.1) is 0 Å². The van der Waals surface area contributed by atoms with E-state index >= 15 is 0 Å². The molecule has 0 atom stereocenters. The number of rotatable bonds is 5. The molecule has 0 spiro atoms. The zero-order valence-electron chi connectivity index (χ0n) is 15.3. The molecule has 2 aromatic rings. The van der Waals surface area contributed by atoms with Crippen LogP contribution in [0.1, 0.15) is 30.8 Å². The largest absolute Gasteiger partial charge is 0.335 e. The molecule has 1 aromatic carbocycles. The molecule has 1 fully saturated rings. The highest BCUT2D eigenvalue weighted by atomic mass is 16.2. The van der Waals surface area contributed by atoms with Gasteiger partial charge in [0.05, 0.1) is 5.69 Å². The maximum atomic E-state index is 12.9. The summed E-state index contributed by atoms with van der Waals surface area (Å²) in [5, 5.41) is 7.31. The van der Waals surface area contributed by atoms with Crippen LogP contribution in [0.2, 0.25) is 0 Å². The summed E-state index contributed by atoms with van der Waals surface area (Å²) in [4.78, 5) is 28.9. The van der Waals surface area contributed by atoms with Gasteiger partial charge in [0.25, 0.3) is 5.91 Å². The summed E-state index contributed by atoms with van der Waals surface area (Å²) in [6, 6.07) is 11.2. The molecule has 3 rings (SSSR count). The van der Waals surface area contributed by atoms with Gasteiger partial charge in [0.15, 0.2) is 5.69 Å². The lowest BCUT2D eigenvalue weighted by Gasteiger charge is -2.33. The average Bonchev–Trinajstić information content (AvgIpc) is 3.11. The lowest BCUT2D eigenvalue weighted by Crippen LogP contribution is -2.48. The van der Waals surface area contributed by atoms with Gasteiger partial charge in [-0.25, -0.2) is 4.68 Å². The Kier molecular flexibility index (Phi) is 5.68. The third kappa shape index (κ3) is 3.94. The van der Waals surface area contributed by atoms with E-state index in [1.165, 1.54) is 0 Å². The van der Waals surface area contributed by atoms with Crippen molar-refractivity contribution in [3.63, 3.8) is 0 Å². The maximum absolute atomic E-state index is 12.9. The molecule has 7 nitrogen and oxygen atoms in total. The molecule has 1 aliphatic rings. The number of piperazine rings is 1. The van der Waals surface area contributed by atoms with Gasteiger partial charge in [0.2, 0.25) is 5.91 Å². The number of likely N-dealkylation sites (N-methyl/N-ethyl adjacent to an activating group) is 1. The summed E-state index contributed by atoms with van der Waals surface area (Å²) < 4.78 is 1.61. The highest BCUT2D eigenvalue weighted by Crippen LogP contribution is 2.19. The molecular formula is C19H25N5O2. The molecule has 2 heterocycles. The highest BCUT2D eigenvalue weighted by Gasteiger charge is 2.25. The number of aromatic nitrogens is 2. The number of hydrogen-bond donors (Lipinski definition) is 1. The monoisotopic (exact) mass is 355 g/mol. The summed E-state index contributed by atoms with van der Waals surface area (Å²) in [6.07, 6.45) is 0.363. The van der Waals surface area contributed by atoms with Crippen molar-refractivity contribution in [2.24, 2.45) is 0 Å². The Hall–Kier alpha value is -2.67. The first kappa shape index (κ1) is 18.1. The summed E-state index contributed by atoms with van der Waals surface area (Å²) in [5.74, 6) is 0.304. The van der Waals surface area contributed by atoms with E-state index in [0.717, 1.165) is 25.3 Å². The van der Waals surface area contributed by atoms with Crippen molar-refractivity contribution in [1.82, 2.24) is 19.6 Å². The van der Waals surface area contributed by atoms with Gasteiger partial charge in [0.1, 0.15) is 5.82 Å². The predicted octanol–water partition coefficient (Wildman–Crippen LogP) is 2.00. The maximum Gasteiger partial charge on any atom is 0.274 e. The average molecular weight is 355 g/mol. The molecule has 1 saturated heterocycles. The third-order valence-electron chi connectivity index (χ3n) is 4.62. The fraction of sp³-hybridized carbons (Fsp3) is 0.421. The summed E-state index contributed by atoms with van der Waals surface area (Å²) in [6.45, 7) is 8.06.